The van der Waals surface area contributed by atoms with Crippen LogP contribution >= 0.6 is 0 Å². The van der Waals surface area contributed by atoms with Crippen molar-refractivity contribution >= 4 is 23.6 Å². The lowest BCUT2D eigenvalue weighted by molar-refractivity contribution is -0.131. The van der Waals surface area contributed by atoms with E-state index in [4.69, 9.17) is 11.5 Å². The highest BCUT2D eigenvalue weighted by Gasteiger charge is 2.23. The van der Waals surface area contributed by atoms with E-state index in [0.717, 1.165) is 96.6 Å². The number of hydrogen-bond acceptors (Lipinski definition) is 6. The number of carbonyl (C=O) groups excluding carboxylic acids is 4. The highest BCUT2D eigenvalue weighted by Crippen LogP contribution is 2.11. The third-order valence-electron chi connectivity index (χ3n) is 6.91. The summed E-state index contributed by atoms with van der Waals surface area (Å²) in [5.74, 6) is 0.271. The van der Waals surface area contributed by atoms with E-state index >= 15 is 0 Å². The molecule has 0 unspecified atom stereocenters. The Hall–Kier alpha value is -2.20. The fourth-order valence-electron chi connectivity index (χ4n) is 4.51. The van der Waals surface area contributed by atoms with Crippen molar-refractivity contribution in [3.05, 3.63) is 0 Å². The van der Waals surface area contributed by atoms with Gasteiger partial charge in [-0.2, -0.15) is 0 Å². The van der Waals surface area contributed by atoms with E-state index in [0.29, 0.717) is 51.9 Å². The van der Waals surface area contributed by atoms with Crippen LogP contribution in [0.15, 0.2) is 0 Å². The van der Waals surface area contributed by atoms with E-state index in [2.05, 4.69) is 16.0 Å². The van der Waals surface area contributed by atoms with Crippen LogP contribution in [-0.4, -0.2) is 73.8 Å². The van der Waals surface area contributed by atoms with Gasteiger partial charge in [-0.25, -0.2) is 0 Å². The lowest BCUT2D eigenvalue weighted by Gasteiger charge is -2.20. The number of rotatable bonds is 23. The number of amides is 4. The molecule has 0 radical (unpaired) electrons. The highest BCUT2D eigenvalue weighted by molar-refractivity contribution is 5.81. The molecule has 10 nitrogen and oxygen atoms in total. The number of likely N-dealkylation sites (tertiary alicyclic amines) is 1. The molecule has 10 heteroatoms. The molecule has 0 aromatic rings. The first kappa shape index (κ1) is 33.8. The van der Waals surface area contributed by atoms with E-state index in [1.807, 2.05) is 4.90 Å². The Labute approximate surface area is 229 Å². The fraction of sp³-hybridized carbons (Fsp3) is 0.857. The van der Waals surface area contributed by atoms with Crippen molar-refractivity contribution in [2.45, 2.75) is 115 Å². The SMILES string of the molecule is NCCCCCC(=O)NCCCCCC(=O)NCCCCCC(=O)NCCCC[C@H](N)C(=O)N1CCCC1. The van der Waals surface area contributed by atoms with Crippen molar-refractivity contribution in [2.75, 3.05) is 39.3 Å². The molecule has 1 atom stereocenters. The van der Waals surface area contributed by atoms with Crippen LogP contribution in [0.4, 0.5) is 0 Å². The van der Waals surface area contributed by atoms with E-state index in [1.165, 1.54) is 0 Å². The average molecular weight is 539 g/mol. The van der Waals surface area contributed by atoms with Crippen LogP contribution in [0, 0.1) is 0 Å². The first-order chi connectivity index (χ1) is 18.4. The molecule has 0 aliphatic carbocycles. The van der Waals surface area contributed by atoms with Crippen LogP contribution in [-0.2, 0) is 19.2 Å². The third-order valence-corrected chi connectivity index (χ3v) is 6.91. The summed E-state index contributed by atoms with van der Waals surface area (Å²) in [5.41, 5.74) is 11.5. The minimum atomic E-state index is -0.426. The Kier molecular flexibility index (Phi) is 20.3. The second kappa shape index (κ2) is 22.8. The molecule has 1 heterocycles. The molecule has 38 heavy (non-hydrogen) atoms. The summed E-state index contributed by atoms with van der Waals surface area (Å²) in [6.45, 7) is 4.25. The monoisotopic (exact) mass is 538 g/mol. The summed E-state index contributed by atoms with van der Waals surface area (Å²) in [6.07, 6.45) is 14.0. The van der Waals surface area contributed by atoms with E-state index in [-0.39, 0.29) is 23.6 Å². The van der Waals surface area contributed by atoms with E-state index in [1.54, 1.807) is 0 Å². The Morgan fingerprint density at radius 2 is 1.03 bits per heavy atom. The van der Waals surface area contributed by atoms with Crippen molar-refractivity contribution in [1.82, 2.24) is 20.9 Å². The van der Waals surface area contributed by atoms with Crippen molar-refractivity contribution in [1.29, 1.82) is 0 Å². The zero-order valence-corrected chi connectivity index (χ0v) is 23.6. The number of nitrogens with one attached hydrogen (secondary N) is 3. The summed E-state index contributed by atoms with van der Waals surface area (Å²) in [7, 11) is 0. The largest absolute Gasteiger partial charge is 0.356 e. The zero-order valence-electron chi connectivity index (χ0n) is 23.6. The second-order valence-corrected chi connectivity index (χ2v) is 10.4. The Morgan fingerprint density at radius 3 is 1.47 bits per heavy atom. The summed E-state index contributed by atoms with van der Waals surface area (Å²) in [5, 5.41) is 8.80. The molecule has 0 aromatic carbocycles. The minimum absolute atomic E-state index is 0.0502. The number of nitrogens with two attached hydrogens (primary N) is 2. The maximum absolute atomic E-state index is 12.2. The molecular weight excluding hydrogens is 484 g/mol. The van der Waals surface area contributed by atoms with E-state index < -0.39 is 6.04 Å². The lowest BCUT2D eigenvalue weighted by Crippen LogP contribution is -2.42. The van der Waals surface area contributed by atoms with Gasteiger partial charge in [0.1, 0.15) is 0 Å². The molecule has 0 aromatic heterocycles. The molecule has 0 spiro atoms. The molecule has 7 N–H and O–H groups in total. The first-order valence-electron chi connectivity index (χ1n) is 15.0. The summed E-state index contributed by atoms with van der Waals surface area (Å²) < 4.78 is 0. The van der Waals surface area contributed by atoms with Gasteiger partial charge in [0.2, 0.25) is 23.6 Å². The van der Waals surface area contributed by atoms with Crippen molar-refractivity contribution in [3.63, 3.8) is 0 Å². The fourth-order valence-corrected chi connectivity index (χ4v) is 4.51. The Morgan fingerprint density at radius 1 is 0.605 bits per heavy atom. The van der Waals surface area contributed by atoms with Gasteiger partial charge < -0.3 is 32.3 Å². The number of nitrogens with zero attached hydrogens (tertiary/aromatic N) is 1. The van der Waals surface area contributed by atoms with Crippen LogP contribution in [0.1, 0.15) is 109 Å². The van der Waals surface area contributed by atoms with Gasteiger partial charge in [-0.05, 0) is 77.2 Å². The molecular formula is C28H54N6O4. The molecule has 1 aliphatic rings. The third kappa shape index (κ3) is 18.1. The quantitative estimate of drug-likeness (QED) is 0.125. The van der Waals surface area contributed by atoms with Crippen LogP contribution in [0.5, 0.6) is 0 Å². The number of unbranched alkanes of at least 4 members (excludes halogenated alkanes) is 7. The summed E-state index contributed by atoms with van der Waals surface area (Å²) >= 11 is 0. The molecule has 220 valence electrons. The molecule has 0 saturated carbocycles. The molecule has 1 aliphatic heterocycles. The average Bonchev–Trinajstić information content (AvgIpc) is 3.45. The van der Waals surface area contributed by atoms with Gasteiger partial charge in [0.25, 0.3) is 0 Å². The predicted molar refractivity (Wildman–Crippen MR) is 151 cm³/mol. The minimum Gasteiger partial charge on any atom is -0.356 e. The van der Waals surface area contributed by atoms with Crippen LogP contribution in [0.3, 0.4) is 0 Å². The van der Waals surface area contributed by atoms with Gasteiger partial charge in [0, 0.05) is 52.0 Å². The Balaban J connectivity index is 1.85. The Bertz CT molecular complexity index is 670. The lowest BCUT2D eigenvalue weighted by atomic mass is 10.1. The van der Waals surface area contributed by atoms with Crippen molar-refractivity contribution in [3.8, 4) is 0 Å². The molecule has 1 saturated heterocycles. The molecule has 1 fully saturated rings. The summed E-state index contributed by atoms with van der Waals surface area (Å²) in [6, 6.07) is -0.426. The zero-order chi connectivity index (χ0) is 27.8. The maximum atomic E-state index is 12.2. The normalized spacial score (nSPS) is 13.8. The van der Waals surface area contributed by atoms with Crippen molar-refractivity contribution < 1.29 is 19.2 Å². The van der Waals surface area contributed by atoms with Crippen LogP contribution in [0.2, 0.25) is 0 Å². The molecule has 4 amide bonds. The number of carbonyl (C=O) groups is 4. The second-order valence-electron chi connectivity index (χ2n) is 10.4. The highest BCUT2D eigenvalue weighted by atomic mass is 16.2. The standard InChI is InChI=1S/C28H54N6O4/c29-18-8-1-4-15-25(35)31-19-9-2-5-16-26(36)32-20-10-3-6-17-27(37)33-21-11-7-14-24(30)28(38)34-22-12-13-23-34/h24H,1-23,29-30H2,(H,31,35)(H,32,36)(H,33,37)/t24-/m0/s1. The number of hydrogen-bond donors (Lipinski definition) is 5. The van der Waals surface area contributed by atoms with E-state index in [9.17, 15) is 19.2 Å². The topological polar surface area (TPSA) is 160 Å². The van der Waals surface area contributed by atoms with Gasteiger partial charge in [0.15, 0.2) is 0 Å². The first-order valence-corrected chi connectivity index (χ1v) is 15.0. The van der Waals surface area contributed by atoms with Crippen LogP contribution in [0.25, 0.3) is 0 Å². The molecule has 1 rings (SSSR count). The molecule has 0 bridgehead atoms. The van der Waals surface area contributed by atoms with Gasteiger partial charge >= 0.3 is 0 Å². The maximum Gasteiger partial charge on any atom is 0.239 e. The van der Waals surface area contributed by atoms with Gasteiger partial charge in [-0.1, -0.05) is 19.3 Å². The smallest absolute Gasteiger partial charge is 0.239 e. The van der Waals surface area contributed by atoms with Crippen molar-refractivity contribution in [2.24, 2.45) is 11.5 Å². The summed E-state index contributed by atoms with van der Waals surface area (Å²) in [4.78, 5) is 49.6. The predicted octanol–water partition coefficient (Wildman–Crippen LogP) is 2.09. The van der Waals surface area contributed by atoms with Gasteiger partial charge in [-0.3, -0.25) is 19.2 Å². The van der Waals surface area contributed by atoms with Crippen LogP contribution < -0.4 is 27.4 Å². The van der Waals surface area contributed by atoms with Gasteiger partial charge in [0.05, 0.1) is 6.04 Å². The van der Waals surface area contributed by atoms with Gasteiger partial charge in [-0.15, -0.1) is 0 Å².